The highest BCUT2D eigenvalue weighted by atomic mass is 35.5. The second-order valence-corrected chi connectivity index (χ2v) is 6.18. The molecule has 3 rings (SSSR count). The van der Waals surface area contributed by atoms with E-state index >= 15 is 0 Å². The zero-order chi connectivity index (χ0) is 20.1. The van der Waals surface area contributed by atoms with Gasteiger partial charge in [0.05, 0.1) is 36.3 Å². The van der Waals surface area contributed by atoms with Gasteiger partial charge in [0.15, 0.2) is 0 Å². The number of ether oxygens (including phenoxy) is 1. The number of nitrogens with one attached hydrogen (secondary N) is 2. The van der Waals surface area contributed by atoms with Gasteiger partial charge in [0.25, 0.3) is 5.91 Å². The highest BCUT2D eigenvalue weighted by molar-refractivity contribution is 6.29. The number of hydroxylamine groups is 1. The van der Waals surface area contributed by atoms with Crippen LogP contribution in [0, 0.1) is 0 Å². The molecule has 2 N–H and O–H groups in total. The molecule has 3 aromatic rings. The Kier molecular flexibility index (Phi) is 6.13. The molecule has 2 heterocycles. The van der Waals surface area contributed by atoms with Crippen molar-refractivity contribution in [1.29, 1.82) is 0 Å². The number of pyridine rings is 1. The van der Waals surface area contributed by atoms with Crippen LogP contribution in [0.1, 0.15) is 17.3 Å². The Morgan fingerprint density at radius 1 is 1.25 bits per heavy atom. The Bertz CT molecular complexity index is 989. The van der Waals surface area contributed by atoms with E-state index < -0.39 is 5.91 Å². The molecule has 1 amide bonds. The van der Waals surface area contributed by atoms with Crippen molar-refractivity contribution in [1.82, 2.24) is 20.2 Å². The van der Waals surface area contributed by atoms with E-state index in [9.17, 15) is 4.79 Å². The number of methoxy groups -OCH3 is 1. The van der Waals surface area contributed by atoms with Crippen molar-refractivity contribution in [2.75, 3.05) is 19.0 Å². The number of hydrogen-bond donors (Lipinski definition) is 2. The third kappa shape index (κ3) is 4.24. The average molecular weight is 402 g/mol. The molecule has 0 aliphatic heterocycles. The van der Waals surface area contributed by atoms with E-state index in [2.05, 4.69) is 20.9 Å². The van der Waals surface area contributed by atoms with Crippen LogP contribution in [-0.2, 0) is 11.9 Å². The molecule has 0 atom stereocenters. The molecule has 28 heavy (non-hydrogen) atoms. The first kappa shape index (κ1) is 19.7. The third-order valence-electron chi connectivity index (χ3n) is 4.01. The fourth-order valence-corrected chi connectivity index (χ4v) is 2.82. The number of carbonyl (C=O) groups excluding carboxylic acids is 1. The van der Waals surface area contributed by atoms with Gasteiger partial charge in [-0.3, -0.25) is 14.3 Å². The number of aromatic nitrogens is 3. The van der Waals surface area contributed by atoms with Gasteiger partial charge in [-0.15, -0.1) is 0 Å². The van der Waals surface area contributed by atoms with Crippen molar-refractivity contribution < 1.29 is 14.4 Å². The maximum Gasteiger partial charge on any atom is 0.278 e. The lowest BCUT2D eigenvalue weighted by Crippen LogP contribution is -2.24. The fraction of sp³-hybridized carbons (Fsp3) is 0.211. The Hall–Kier alpha value is -3.10. The molecular weight excluding hydrogens is 382 g/mol. The number of rotatable bonds is 7. The second kappa shape index (κ2) is 8.73. The molecule has 146 valence electrons. The normalized spacial score (nSPS) is 10.6. The van der Waals surface area contributed by atoms with E-state index in [1.807, 2.05) is 31.3 Å². The minimum atomic E-state index is -0.431. The summed E-state index contributed by atoms with van der Waals surface area (Å²) in [6.45, 7) is 2.12. The lowest BCUT2D eigenvalue weighted by molar-refractivity contribution is 0.0365. The third-order valence-corrected chi connectivity index (χ3v) is 4.22. The quantitative estimate of drug-likeness (QED) is 0.464. The predicted molar refractivity (Wildman–Crippen MR) is 107 cm³/mol. The Morgan fingerprint density at radius 2 is 2.07 bits per heavy atom. The zero-order valence-corrected chi connectivity index (χ0v) is 16.4. The summed E-state index contributed by atoms with van der Waals surface area (Å²) in [6.07, 6.45) is 3.12. The van der Waals surface area contributed by atoms with Crippen LogP contribution in [0.15, 0.2) is 42.7 Å². The lowest BCUT2D eigenvalue weighted by Gasteiger charge is -2.15. The van der Waals surface area contributed by atoms with E-state index in [4.69, 9.17) is 21.2 Å². The number of carbonyl (C=O) groups is 1. The molecule has 0 saturated heterocycles. The summed E-state index contributed by atoms with van der Waals surface area (Å²) in [5.74, 6) is 0.168. The van der Waals surface area contributed by atoms with E-state index in [0.717, 1.165) is 11.3 Å². The standard InChI is InChI=1S/C19H20ClN5O3/c1-4-28-24-19(26)13-11-21-18(20)10-15(13)23-14-6-5-12(9-17(14)27-3)16-7-8-22-25(16)2/h5-11H,4H2,1-3H3,(H,21,23)(H,24,26). The molecule has 9 heteroatoms. The molecule has 0 unspecified atom stereocenters. The van der Waals surface area contributed by atoms with Gasteiger partial charge in [-0.05, 0) is 31.2 Å². The Labute approximate surface area is 167 Å². The summed E-state index contributed by atoms with van der Waals surface area (Å²) < 4.78 is 7.30. The molecule has 0 bridgehead atoms. The molecule has 0 saturated carbocycles. The highest BCUT2D eigenvalue weighted by Crippen LogP contribution is 2.33. The summed E-state index contributed by atoms with van der Waals surface area (Å²) in [5.41, 5.74) is 5.69. The first-order valence-electron chi connectivity index (χ1n) is 8.54. The van der Waals surface area contributed by atoms with Crippen LogP contribution in [0.5, 0.6) is 5.75 Å². The minimum absolute atomic E-state index is 0.251. The van der Waals surface area contributed by atoms with E-state index in [1.165, 1.54) is 6.20 Å². The number of hydrogen-bond acceptors (Lipinski definition) is 6. The maximum atomic E-state index is 12.3. The van der Waals surface area contributed by atoms with Crippen molar-refractivity contribution in [3.63, 3.8) is 0 Å². The van der Waals surface area contributed by atoms with Gasteiger partial charge in [0.1, 0.15) is 10.9 Å². The number of aryl methyl sites for hydroxylation is 1. The average Bonchev–Trinajstić information content (AvgIpc) is 3.12. The monoisotopic (exact) mass is 401 g/mol. The van der Waals surface area contributed by atoms with Crippen LogP contribution >= 0.6 is 11.6 Å². The van der Waals surface area contributed by atoms with Gasteiger partial charge in [-0.1, -0.05) is 17.7 Å². The number of amides is 1. The van der Waals surface area contributed by atoms with E-state index in [1.54, 1.807) is 31.0 Å². The van der Waals surface area contributed by atoms with Crippen LogP contribution in [-0.4, -0.2) is 34.4 Å². The summed E-state index contributed by atoms with van der Waals surface area (Å²) in [5, 5.41) is 7.63. The van der Waals surface area contributed by atoms with Crippen LogP contribution in [0.2, 0.25) is 5.15 Å². The molecule has 0 fully saturated rings. The number of nitrogens with zero attached hydrogens (tertiary/aromatic N) is 3. The molecule has 2 aromatic heterocycles. The van der Waals surface area contributed by atoms with Crippen LogP contribution in [0.3, 0.4) is 0 Å². The van der Waals surface area contributed by atoms with Gasteiger partial charge in [0.2, 0.25) is 0 Å². The first-order valence-corrected chi connectivity index (χ1v) is 8.92. The lowest BCUT2D eigenvalue weighted by atomic mass is 10.1. The molecule has 0 aliphatic rings. The van der Waals surface area contributed by atoms with Crippen LogP contribution < -0.4 is 15.5 Å². The van der Waals surface area contributed by atoms with Crippen LogP contribution in [0.25, 0.3) is 11.3 Å². The fourth-order valence-electron chi connectivity index (χ4n) is 2.66. The Morgan fingerprint density at radius 3 is 2.75 bits per heavy atom. The summed E-state index contributed by atoms with van der Waals surface area (Å²) in [6, 6.07) is 9.17. The smallest absolute Gasteiger partial charge is 0.278 e. The number of anilines is 2. The van der Waals surface area contributed by atoms with Crippen molar-refractivity contribution in [2.45, 2.75) is 6.92 Å². The van der Waals surface area contributed by atoms with Crippen LogP contribution in [0.4, 0.5) is 11.4 Å². The van der Waals surface area contributed by atoms with Gasteiger partial charge in [-0.25, -0.2) is 10.5 Å². The molecule has 0 radical (unpaired) electrons. The predicted octanol–water partition coefficient (Wildman–Crippen LogP) is 3.57. The summed E-state index contributed by atoms with van der Waals surface area (Å²) in [4.78, 5) is 21.3. The van der Waals surface area contributed by atoms with Gasteiger partial charge < -0.3 is 10.1 Å². The van der Waals surface area contributed by atoms with Crippen molar-refractivity contribution >= 4 is 28.9 Å². The van der Waals surface area contributed by atoms with Crippen molar-refractivity contribution in [2.24, 2.45) is 7.05 Å². The summed E-state index contributed by atoms with van der Waals surface area (Å²) in [7, 11) is 3.45. The van der Waals surface area contributed by atoms with Crippen molar-refractivity contribution in [3.8, 4) is 17.0 Å². The highest BCUT2D eigenvalue weighted by Gasteiger charge is 2.16. The molecular formula is C19H20ClN5O3. The topological polar surface area (TPSA) is 90.3 Å². The molecule has 1 aromatic carbocycles. The first-order chi connectivity index (χ1) is 13.5. The van der Waals surface area contributed by atoms with Gasteiger partial charge in [0, 0.05) is 25.0 Å². The second-order valence-electron chi connectivity index (χ2n) is 5.80. The zero-order valence-electron chi connectivity index (χ0n) is 15.7. The van der Waals surface area contributed by atoms with Gasteiger partial charge in [-0.2, -0.15) is 5.10 Å². The summed E-state index contributed by atoms with van der Waals surface area (Å²) >= 11 is 6.02. The van der Waals surface area contributed by atoms with Crippen molar-refractivity contribution in [3.05, 3.63) is 53.4 Å². The Balaban J connectivity index is 1.94. The van der Waals surface area contributed by atoms with E-state index in [0.29, 0.717) is 23.7 Å². The largest absolute Gasteiger partial charge is 0.495 e. The number of halogens is 1. The maximum absolute atomic E-state index is 12.3. The molecule has 8 nitrogen and oxygen atoms in total. The van der Waals surface area contributed by atoms with Gasteiger partial charge >= 0.3 is 0 Å². The van der Waals surface area contributed by atoms with E-state index in [-0.39, 0.29) is 10.7 Å². The number of benzene rings is 1. The molecule has 0 spiro atoms. The molecule has 0 aliphatic carbocycles. The minimum Gasteiger partial charge on any atom is -0.495 e. The SMILES string of the molecule is CCONC(=O)c1cnc(Cl)cc1Nc1ccc(-c2ccnn2C)cc1OC.